The van der Waals surface area contributed by atoms with Crippen LogP contribution in [0.3, 0.4) is 0 Å². The van der Waals surface area contributed by atoms with Crippen molar-refractivity contribution in [2.24, 2.45) is 5.41 Å². The van der Waals surface area contributed by atoms with Gasteiger partial charge in [-0.1, -0.05) is 23.4 Å². The van der Waals surface area contributed by atoms with Crippen LogP contribution >= 0.6 is 11.6 Å². The molecule has 1 aromatic rings. The molecule has 0 aliphatic rings. The lowest BCUT2D eigenvalue weighted by atomic mass is 9.97. The summed E-state index contributed by atoms with van der Waals surface area (Å²) >= 11 is 5.75. The Morgan fingerprint density at radius 1 is 1.29 bits per heavy atom. The molecular weight excluding hydrogens is 236 g/mol. The van der Waals surface area contributed by atoms with Gasteiger partial charge in [0.1, 0.15) is 0 Å². The maximum atomic E-state index is 11.4. The quantitative estimate of drug-likeness (QED) is 0.565. The zero-order valence-corrected chi connectivity index (χ0v) is 11.0. The van der Waals surface area contributed by atoms with Crippen LogP contribution in [0.5, 0.6) is 0 Å². The van der Waals surface area contributed by atoms with E-state index in [0.717, 1.165) is 5.56 Å². The minimum Gasteiger partial charge on any atom is -0.452 e. The van der Waals surface area contributed by atoms with E-state index in [9.17, 15) is 4.79 Å². The molecule has 3 heteroatoms. The third kappa shape index (κ3) is 4.93. The summed E-state index contributed by atoms with van der Waals surface area (Å²) in [4.78, 5) is 11.4. The van der Waals surface area contributed by atoms with Crippen LogP contribution in [0.2, 0.25) is 5.02 Å². The van der Waals surface area contributed by atoms with Gasteiger partial charge in [0.25, 0.3) is 0 Å². The molecule has 90 valence electrons. The molecule has 0 heterocycles. The van der Waals surface area contributed by atoms with Crippen molar-refractivity contribution in [3.05, 3.63) is 34.9 Å². The average Bonchev–Trinajstić information content (AvgIpc) is 2.25. The van der Waals surface area contributed by atoms with E-state index in [0.29, 0.717) is 5.02 Å². The Hall–Kier alpha value is -1.46. The highest BCUT2D eigenvalue weighted by molar-refractivity contribution is 6.30. The molecule has 0 saturated carbocycles. The van der Waals surface area contributed by atoms with E-state index in [1.54, 1.807) is 12.1 Å². The van der Waals surface area contributed by atoms with Crippen molar-refractivity contribution in [2.75, 3.05) is 6.61 Å². The van der Waals surface area contributed by atoms with E-state index in [1.165, 1.54) is 0 Å². The van der Waals surface area contributed by atoms with Crippen LogP contribution in [-0.4, -0.2) is 12.6 Å². The first-order valence-electron chi connectivity index (χ1n) is 5.31. The van der Waals surface area contributed by atoms with Crippen LogP contribution < -0.4 is 0 Å². The van der Waals surface area contributed by atoms with Crippen LogP contribution in [0.4, 0.5) is 0 Å². The summed E-state index contributed by atoms with van der Waals surface area (Å²) in [6.07, 6.45) is 0. The van der Waals surface area contributed by atoms with Crippen molar-refractivity contribution >= 4 is 17.6 Å². The van der Waals surface area contributed by atoms with Gasteiger partial charge >= 0.3 is 5.97 Å². The molecule has 0 atom stereocenters. The number of carbonyl (C=O) groups is 1. The second-order valence-electron chi connectivity index (χ2n) is 4.63. The summed E-state index contributed by atoms with van der Waals surface area (Å²) < 4.78 is 5.01. The molecular formula is C14H15ClO2. The largest absolute Gasteiger partial charge is 0.452 e. The summed E-state index contributed by atoms with van der Waals surface area (Å²) in [5.41, 5.74) is 0.364. The third-order valence-electron chi connectivity index (χ3n) is 1.96. The molecule has 17 heavy (non-hydrogen) atoms. The molecule has 0 bridgehead atoms. The Morgan fingerprint density at radius 3 is 2.41 bits per heavy atom. The van der Waals surface area contributed by atoms with Crippen LogP contribution in [0, 0.1) is 17.3 Å². The van der Waals surface area contributed by atoms with Crippen LogP contribution in [0.15, 0.2) is 24.3 Å². The van der Waals surface area contributed by atoms with Crippen molar-refractivity contribution in [2.45, 2.75) is 20.8 Å². The second kappa shape index (κ2) is 5.75. The van der Waals surface area contributed by atoms with E-state index < -0.39 is 5.41 Å². The molecule has 0 N–H and O–H groups in total. The molecule has 1 rings (SSSR count). The summed E-state index contributed by atoms with van der Waals surface area (Å²) in [5.74, 6) is 5.43. The minimum atomic E-state index is -0.484. The Bertz CT molecular complexity index is 444. The molecule has 0 radical (unpaired) electrons. The smallest absolute Gasteiger partial charge is 0.312 e. The van der Waals surface area contributed by atoms with Gasteiger partial charge in [0, 0.05) is 10.6 Å². The number of ether oxygens (including phenoxy) is 1. The van der Waals surface area contributed by atoms with Crippen molar-refractivity contribution in [3.8, 4) is 11.8 Å². The highest BCUT2D eigenvalue weighted by Gasteiger charge is 2.22. The van der Waals surface area contributed by atoms with Gasteiger partial charge in [0.05, 0.1) is 5.41 Å². The lowest BCUT2D eigenvalue weighted by Gasteiger charge is -2.14. The summed E-state index contributed by atoms with van der Waals surface area (Å²) in [7, 11) is 0. The topological polar surface area (TPSA) is 26.3 Å². The van der Waals surface area contributed by atoms with Gasteiger partial charge in [-0.15, -0.1) is 0 Å². The third-order valence-corrected chi connectivity index (χ3v) is 2.22. The number of benzene rings is 1. The zero-order valence-electron chi connectivity index (χ0n) is 10.2. The van der Waals surface area contributed by atoms with E-state index in [-0.39, 0.29) is 12.6 Å². The Kier molecular flexibility index (Phi) is 4.60. The number of halogens is 1. The highest BCUT2D eigenvalue weighted by atomic mass is 35.5. The molecule has 0 amide bonds. The second-order valence-corrected chi connectivity index (χ2v) is 5.07. The fourth-order valence-electron chi connectivity index (χ4n) is 0.990. The average molecular weight is 251 g/mol. The molecule has 0 aromatic heterocycles. The highest BCUT2D eigenvalue weighted by Crippen LogP contribution is 2.14. The number of esters is 1. The van der Waals surface area contributed by atoms with Gasteiger partial charge in [-0.2, -0.15) is 0 Å². The first kappa shape index (κ1) is 13.6. The van der Waals surface area contributed by atoms with E-state index in [2.05, 4.69) is 11.8 Å². The van der Waals surface area contributed by atoms with Crippen LogP contribution in [0.1, 0.15) is 26.3 Å². The van der Waals surface area contributed by atoms with Crippen molar-refractivity contribution in [3.63, 3.8) is 0 Å². The molecule has 1 aromatic carbocycles. The Labute approximate surface area is 107 Å². The number of hydrogen-bond donors (Lipinski definition) is 0. The van der Waals surface area contributed by atoms with E-state index in [1.807, 2.05) is 32.9 Å². The van der Waals surface area contributed by atoms with Gasteiger partial charge in [-0.3, -0.25) is 4.79 Å². The summed E-state index contributed by atoms with van der Waals surface area (Å²) in [6.45, 7) is 5.53. The predicted octanol–water partition coefficient (Wildman–Crippen LogP) is 3.28. The molecule has 0 aliphatic heterocycles. The van der Waals surface area contributed by atoms with Gasteiger partial charge in [-0.25, -0.2) is 0 Å². The number of carbonyl (C=O) groups excluding carboxylic acids is 1. The number of rotatable bonds is 1. The van der Waals surface area contributed by atoms with Gasteiger partial charge in [-0.05, 0) is 45.0 Å². The molecule has 0 saturated heterocycles. The van der Waals surface area contributed by atoms with Crippen molar-refractivity contribution < 1.29 is 9.53 Å². The van der Waals surface area contributed by atoms with Crippen LogP contribution in [0.25, 0.3) is 0 Å². The monoisotopic (exact) mass is 250 g/mol. The lowest BCUT2D eigenvalue weighted by Crippen LogP contribution is -2.22. The fourth-order valence-corrected chi connectivity index (χ4v) is 1.12. The minimum absolute atomic E-state index is 0.110. The Balaban J connectivity index is 2.47. The molecule has 0 spiro atoms. The molecule has 2 nitrogen and oxygen atoms in total. The summed E-state index contributed by atoms with van der Waals surface area (Å²) in [6, 6.07) is 7.18. The zero-order chi connectivity index (χ0) is 12.9. The standard InChI is InChI=1S/C14H15ClO2/c1-14(2,3)13(16)17-10-4-5-11-6-8-12(15)9-7-11/h6-9H,10H2,1-3H3. The fraction of sp³-hybridized carbons (Fsp3) is 0.357. The first-order chi connectivity index (χ1) is 7.89. The van der Waals surface area contributed by atoms with E-state index >= 15 is 0 Å². The maximum absolute atomic E-state index is 11.4. The molecule has 0 unspecified atom stereocenters. The van der Waals surface area contributed by atoms with Gasteiger partial charge in [0.15, 0.2) is 6.61 Å². The summed E-state index contributed by atoms with van der Waals surface area (Å²) in [5, 5.41) is 0.676. The van der Waals surface area contributed by atoms with E-state index in [4.69, 9.17) is 16.3 Å². The molecule has 0 fully saturated rings. The normalized spacial score (nSPS) is 10.4. The SMILES string of the molecule is CC(C)(C)C(=O)OCC#Cc1ccc(Cl)cc1. The van der Waals surface area contributed by atoms with Crippen molar-refractivity contribution in [1.82, 2.24) is 0 Å². The lowest BCUT2D eigenvalue weighted by molar-refractivity contribution is -0.151. The Morgan fingerprint density at radius 2 is 1.88 bits per heavy atom. The maximum Gasteiger partial charge on any atom is 0.312 e. The predicted molar refractivity (Wildman–Crippen MR) is 68.7 cm³/mol. The van der Waals surface area contributed by atoms with Crippen LogP contribution in [-0.2, 0) is 9.53 Å². The number of hydrogen-bond acceptors (Lipinski definition) is 2. The first-order valence-corrected chi connectivity index (χ1v) is 5.69. The van der Waals surface area contributed by atoms with Gasteiger partial charge in [0.2, 0.25) is 0 Å². The molecule has 0 aliphatic carbocycles. The van der Waals surface area contributed by atoms with Crippen molar-refractivity contribution in [1.29, 1.82) is 0 Å². The van der Waals surface area contributed by atoms with Gasteiger partial charge < -0.3 is 4.74 Å².